The van der Waals surface area contributed by atoms with Crippen molar-refractivity contribution in [1.29, 1.82) is 0 Å². The molecule has 6 heteroatoms. The molecule has 1 amide bonds. The monoisotopic (exact) mass is 321 g/mol. The summed E-state index contributed by atoms with van der Waals surface area (Å²) < 4.78 is 1.13. The zero-order valence-corrected chi connectivity index (χ0v) is 13.0. The van der Waals surface area contributed by atoms with E-state index in [0.29, 0.717) is 16.6 Å². The molecule has 3 aromatic rings. The van der Waals surface area contributed by atoms with Crippen LogP contribution in [0.15, 0.2) is 59.5 Å². The predicted molar refractivity (Wildman–Crippen MR) is 91.1 cm³/mol. The lowest BCUT2D eigenvalue weighted by molar-refractivity contribution is -0.117. The first-order valence-electron chi connectivity index (χ1n) is 7.40. The normalized spacial score (nSPS) is 10.5. The molecule has 2 aromatic carbocycles. The van der Waals surface area contributed by atoms with Crippen LogP contribution >= 0.6 is 0 Å². The highest BCUT2D eigenvalue weighted by molar-refractivity contribution is 5.95. The third-order valence-electron chi connectivity index (χ3n) is 3.63. The maximum atomic E-state index is 12.3. The predicted octanol–water partition coefficient (Wildman–Crippen LogP) is 2.24. The number of fused-ring (bicyclic) bond motifs is 1. The van der Waals surface area contributed by atoms with Gasteiger partial charge in [0.2, 0.25) is 5.91 Å². The van der Waals surface area contributed by atoms with E-state index in [1.807, 2.05) is 6.07 Å². The summed E-state index contributed by atoms with van der Waals surface area (Å²) in [4.78, 5) is 35.7. The van der Waals surface area contributed by atoms with Gasteiger partial charge in [-0.3, -0.25) is 14.4 Å². The molecule has 0 fully saturated rings. The molecule has 3 rings (SSSR count). The van der Waals surface area contributed by atoms with Crippen molar-refractivity contribution in [3.63, 3.8) is 0 Å². The van der Waals surface area contributed by atoms with Crippen LogP contribution in [0.1, 0.15) is 17.3 Å². The molecule has 0 radical (unpaired) electrons. The lowest BCUT2D eigenvalue weighted by atomic mass is 10.1. The van der Waals surface area contributed by atoms with Crippen molar-refractivity contribution in [2.75, 3.05) is 5.32 Å². The van der Waals surface area contributed by atoms with Crippen LogP contribution in [0.3, 0.4) is 0 Å². The van der Waals surface area contributed by atoms with Crippen molar-refractivity contribution in [1.82, 2.24) is 9.78 Å². The minimum absolute atomic E-state index is 0.0419. The number of nitrogens with one attached hydrogen (secondary N) is 1. The number of Topliss-reactive ketones (excluding diaryl/α,β-unsaturated/α-hetero) is 1. The summed E-state index contributed by atoms with van der Waals surface area (Å²) in [6.07, 6.45) is 1.56. The molecular weight excluding hydrogens is 306 g/mol. The summed E-state index contributed by atoms with van der Waals surface area (Å²) in [5.41, 5.74) is 0.814. The van der Waals surface area contributed by atoms with Crippen LogP contribution in [0.2, 0.25) is 0 Å². The molecule has 120 valence electrons. The van der Waals surface area contributed by atoms with Crippen molar-refractivity contribution < 1.29 is 9.59 Å². The topological polar surface area (TPSA) is 81.1 Å². The van der Waals surface area contributed by atoms with Gasteiger partial charge in [0.05, 0.1) is 11.6 Å². The van der Waals surface area contributed by atoms with Crippen molar-refractivity contribution in [3.8, 4) is 0 Å². The summed E-state index contributed by atoms with van der Waals surface area (Å²) >= 11 is 0. The zero-order chi connectivity index (χ0) is 17.1. The summed E-state index contributed by atoms with van der Waals surface area (Å²) in [5.74, 6) is -0.407. The number of amides is 1. The Morgan fingerprint density at radius 2 is 1.79 bits per heavy atom. The van der Waals surface area contributed by atoms with Crippen LogP contribution in [0.4, 0.5) is 5.69 Å². The molecule has 6 nitrogen and oxygen atoms in total. The van der Waals surface area contributed by atoms with Crippen LogP contribution < -0.4 is 10.9 Å². The van der Waals surface area contributed by atoms with Gasteiger partial charge in [-0.2, -0.15) is 5.10 Å². The first kappa shape index (κ1) is 15.6. The van der Waals surface area contributed by atoms with E-state index in [1.165, 1.54) is 6.92 Å². The Morgan fingerprint density at radius 3 is 2.50 bits per heavy atom. The van der Waals surface area contributed by atoms with Gasteiger partial charge in [-0.05, 0) is 37.3 Å². The standard InChI is InChI=1S/C18H15N3O3/c1-12(22)13-6-8-15(9-7-13)20-17(23)11-21-18(24)16-5-3-2-4-14(16)10-19-21/h2-10H,11H2,1H3,(H,20,23). The van der Waals surface area contributed by atoms with Crippen LogP contribution in [0, 0.1) is 0 Å². The van der Waals surface area contributed by atoms with Crippen LogP contribution in [-0.2, 0) is 11.3 Å². The molecule has 1 heterocycles. The molecule has 0 unspecified atom stereocenters. The lowest BCUT2D eigenvalue weighted by Gasteiger charge is -2.08. The van der Waals surface area contributed by atoms with E-state index >= 15 is 0 Å². The Kier molecular flexibility index (Phi) is 4.20. The number of hydrogen-bond donors (Lipinski definition) is 1. The third-order valence-corrected chi connectivity index (χ3v) is 3.63. The minimum atomic E-state index is -0.365. The Bertz CT molecular complexity index is 975. The second-order valence-corrected chi connectivity index (χ2v) is 5.38. The first-order valence-corrected chi connectivity index (χ1v) is 7.40. The molecule has 0 bridgehead atoms. The number of carbonyl (C=O) groups excluding carboxylic acids is 2. The fraction of sp³-hybridized carbons (Fsp3) is 0.111. The molecule has 1 N–H and O–H groups in total. The van der Waals surface area contributed by atoms with E-state index in [4.69, 9.17) is 0 Å². The summed E-state index contributed by atoms with van der Waals surface area (Å²) in [6, 6.07) is 13.7. The van der Waals surface area contributed by atoms with Gasteiger partial charge in [0, 0.05) is 16.6 Å². The number of anilines is 1. The fourth-order valence-electron chi connectivity index (χ4n) is 2.37. The Morgan fingerprint density at radius 1 is 1.08 bits per heavy atom. The Balaban J connectivity index is 1.76. The Labute approximate surface area is 137 Å². The quantitative estimate of drug-likeness (QED) is 0.747. The number of ketones is 1. The summed E-state index contributed by atoms with van der Waals surface area (Å²) in [6.45, 7) is 1.30. The van der Waals surface area contributed by atoms with Gasteiger partial charge < -0.3 is 5.32 Å². The second kappa shape index (κ2) is 6.45. The molecule has 0 aliphatic carbocycles. The second-order valence-electron chi connectivity index (χ2n) is 5.38. The number of benzene rings is 2. The highest BCUT2D eigenvalue weighted by Gasteiger charge is 2.09. The average molecular weight is 321 g/mol. The largest absolute Gasteiger partial charge is 0.324 e. The highest BCUT2D eigenvalue weighted by atomic mass is 16.2. The average Bonchev–Trinajstić information content (AvgIpc) is 2.58. The third kappa shape index (κ3) is 3.22. The SMILES string of the molecule is CC(=O)c1ccc(NC(=O)Cn2ncc3ccccc3c2=O)cc1. The van der Waals surface area contributed by atoms with E-state index in [0.717, 1.165) is 10.1 Å². The highest BCUT2D eigenvalue weighted by Crippen LogP contribution is 2.10. The van der Waals surface area contributed by atoms with Gasteiger partial charge in [-0.1, -0.05) is 18.2 Å². The first-order chi connectivity index (χ1) is 11.5. The van der Waals surface area contributed by atoms with Crippen molar-refractivity contribution >= 4 is 28.2 Å². The van der Waals surface area contributed by atoms with Gasteiger partial charge in [-0.25, -0.2) is 4.68 Å². The van der Waals surface area contributed by atoms with Gasteiger partial charge in [-0.15, -0.1) is 0 Å². The van der Waals surface area contributed by atoms with E-state index in [9.17, 15) is 14.4 Å². The van der Waals surface area contributed by atoms with Gasteiger partial charge in [0.25, 0.3) is 5.56 Å². The van der Waals surface area contributed by atoms with E-state index in [1.54, 1.807) is 48.7 Å². The van der Waals surface area contributed by atoms with E-state index in [-0.39, 0.29) is 23.8 Å². The van der Waals surface area contributed by atoms with Crippen molar-refractivity contribution in [3.05, 3.63) is 70.6 Å². The molecular formula is C18H15N3O3. The van der Waals surface area contributed by atoms with Crippen LogP contribution in [0.5, 0.6) is 0 Å². The van der Waals surface area contributed by atoms with Crippen molar-refractivity contribution in [2.24, 2.45) is 0 Å². The van der Waals surface area contributed by atoms with Gasteiger partial charge >= 0.3 is 0 Å². The molecule has 0 aliphatic heterocycles. The molecule has 0 spiro atoms. The van der Waals surface area contributed by atoms with E-state index < -0.39 is 0 Å². The van der Waals surface area contributed by atoms with Gasteiger partial charge in [0.15, 0.2) is 5.78 Å². The molecule has 0 aliphatic rings. The fourth-order valence-corrected chi connectivity index (χ4v) is 2.37. The molecule has 0 saturated heterocycles. The van der Waals surface area contributed by atoms with Gasteiger partial charge in [0.1, 0.15) is 6.54 Å². The summed E-state index contributed by atoms with van der Waals surface area (Å²) in [5, 5.41) is 7.96. The molecule has 1 aromatic heterocycles. The molecule has 0 atom stereocenters. The number of nitrogens with zero attached hydrogens (tertiary/aromatic N) is 2. The van der Waals surface area contributed by atoms with Crippen molar-refractivity contribution in [2.45, 2.75) is 13.5 Å². The molecule has 0 saturated carbocycles. The number of aromatic nitrogens is 2. The number of rotatable bonds is 4. The minimum Gasteiger partial charge on any atom is -0.324 e. The van der Waals surface area contributed by atoms with Crippen LogP contribution in [-0.4, -0.2) is 21.5 Å². The maximum absolute atomic E-state index is 12.3. The smallest absolute Gasteiger partial charge is 0.275 e. The molecule has 24 heavy (non-hydrogen) atoms. The maximum Gasteiger partial charge on any atom is 0.275 e. The lowest BCUT2D eigenvalue weighted by Crippen LogP contribution is -2.29. The summed E-state index contributed by atoms with van der Waals surface area (Å²) in [7, 11) is 0. The van der Waals surface area contributed by atoms with Crippen LogP contribution in [0.25, 0.3) is 10.8 Å². The van der Waals surface area contributed by atoms with E-state index in [2.05, 4.69) is 10.4 Å². The Hall–Kier alpha value is -3.28. The zero-order valence-electron chi connectivity index (χ0n) is 13.0. The number of hydrogen-bond acceptors (Lipinski definition) is 4. The number of carbonyl (C=O) groups is 2.